The molecule has 1 aliphatic carbocycles. The standard InChI is InChI=1S/C11H15BrN2/c1-8-9(12)3-4-10(14-8)11(7-13)5-2-6-11/h3-4H,2,5-7,13H2,1H3. The van der Waals surface area contributed by atoms with Gasteiger partial charge in [-0.05, 0) is 47.8 Å². The normalized spacial score (nSPS) is 19.1. The number of nitrogens with two attached hydrogens (primary N) is 1. The van der Waals surface area contributed by atoms with Crippen LogP contribution in [0.1, 0.15) is 30.7 Å². The monoisotopic (exact) mass is 254 g/mol. The lowest BCUT2D eigenvalue weighted by molar-refractivity contribution is 0.245. The molecule has 0 aliphatic heterocycles. The molecule has 1 aromatic heterocycles. The van der Waals surface area contributed by atoms with E-state index in [0.717, 1.165) is 16.7 Å². The molecule has 0 spiro atoms. The van der Waals surface area contributed by atoms with E-state index in [1.807, 2.05) is 6.92 Å². The fourth-order valence-electron chi connectivity index (χ4n) is 2.01. The van der Waals surface area contributed by atoms with Gasteiger partial charge in [0, 0.05) is 22.1 Å². The second-order valence-corrected chi connectivity index (χ2v) is 4.96. The van der Waals surface area contributed by atoms with Crippen molar-refractivity contribution in [3.05, 3.63) is 28.0 Å². The lowest BCUT2D eigenvalue weighted by Crippen LogP contribution is -2.42. The zero-order chi connectivity index (χ0) is 10.2. The minimum Gasteiger partial charge on any atom is -0.330 e. The van der Waals surface area contributed by atoms with Crippen molar-refractivity contribution in [3.8, 4) is 0 Å². The average molecular weight is 255 g/mol. The van der Waals surface area contributed by atoms with Crippen LogP contribution in [0.15, 0.2) is 16.6 Å². The maximum Gasteiger partial charge on any atom is 0.0518 e. The third-order valence-corrected chi connectivity index (χ3v) is 4.10. The largest absolute Gasteiger partial charge is 0.330 e. The van der Waals surface area contributed by atoms with Crippen LogP contribution in [0.5, 0.6) is 0 Å². The number of pyridine rings is 1. The zero-order valence-electron chi connectivity index (χ0n) is 8.39. The number of nitrogens with zero attached hydrogens (tertiary/aromatic N) is 1. The first-order valence-corrected chi connectivity index (χ1v) is 5.81. The van der Waals surface area contributed by atoms with Gasteiger partial charge in [0.25, 0.3) is 0 Å². The van der Waals surface area contributed by atoms with Crippen LogP contribution in [-0.4, -0.2) is 11.5 Å². The summed E-state index contributed by atoms with van der Waals surface area (Å²) < 4.78 is 1.08. The van der Waals surface area contributed by atoms with E-state index in [0.29, 0.717) is 0 Å². The summed E-state index contributed by atoms with van der Waals surface area (Å²) in [5.74, 6) is 0. The fraction of sp³-hybridized carbons (Fsp3) is 0.545. The Morgan fingerprint density at radius 1 is 1.50 bits per heavy atom. The number of aromatic nitrogens is 1. The van der Waals surface area contributed by atoms with Gasteiger partial charge in [0.05, 0.1) is 5.69 Å². The quantitative estimate of drug-likeness (QED) is 0.881. The predicted octanol–water partition coefficient (Wildman–Crippen LogP) is 2.53. The molecule has 1 aliphatic rings. The molecule has 1 fully saturated rings. The third kappa shape index (κ3) is 1.48. The number of aryl methyl sites for hydroxylation is 1. The van der Waals surface area contributed by atoms with Gasteiger partial charge >= 0.3 is 0 Å². The van der Waals surface area contributed by atoms with E-state index in [1.54, 1.807) is 0 Å². The SMILES string of the molecule is Cc1nc(C2(CN)CCC2)ccc1Br. The van der Waals surface area contributed by atoms with E-state index < -0.39 is 0 Å². The lowest BCUT2D eigenvalue weighted by Gasteiger charge is -2.40. The molecule has 1 saturated carbocycles. The highest BCUT2D eigenvalue weighted by molar-refractivity contribution is 9.10. The van der Waals surface area contributed by atoms with Crippen LogP contribution < -0.4 is 5.73 Å². The van der Waals surface area contributed by atoms with Crippen molar-refractivity contribution < 1.29 is 0 Å². The summed E-state index contributed by atoms with van der Waals surface area (Å²) in [5.41, 5.74) is 8.25. The molecule has 0 aromatic carbocycles. The van der Waals surface area contributed by atoms with E-state index in [1.165, 1.54) is 25.0 Å². The summed E-state index contributed by atoms with van der Waals surface area (Å²) in [4.78, 5) is 4.61. The van der Waals surface area contributed by atoms with Gasteiger partial charge in [-0.2, -0.15) is 0 Å². The molecule has 76 valence electrons. The minimum absolute atomic E-state index is 0.186. The molecule has 0 saturated heterocycles. The number of hydrogen-bond donors (Lipinski definition) is 1. The van der Waals surface area contributed by atoms with Crippen LogP contribution in [0.25, 0.3) is 0 Å². The molecule has 1 aromatic rings. The number of hydrogen-bond acceptors (Lipinski definition) is 2. The fourth-order valence-corrected chi connectivity index (χ4v) is 2.23. The molecule has 3 heteroatoms. The third-order valence-electron chi connectivity index (χ3n) is 3.27. The second kappa shape index (κ2) is 3.63. The van der Waals surface area contributed by atoms with Crippen LogP contribution in [0.2, 0.25) is 0 Å². The molecule has 14 heavy (non-hydrogen) atoms. The van der Waals surface area contributed by atoms with Gasteiger partial charge in [0.1, 0.15) is 0 Å². The molecule has 0 radical (unpaired) electrons. The Kier molecular flexibility index (Phi) is 2.62. The molecule has 0 bridgehead atoms. The van der Waals surface area contributed by atoms with Gasteiger partial charge in [-0.1, -0.05) is 6.42 Å². The molecular formula is C11H15BrN2. The predicted molar refractivity (Wildman–Crippen MR) is 61.3 cm³/mol. The second-order valence-electron chi connectivity index (χ2n) is 4.10. The summed E-state index contributed by atoms with van der Waals surface area (Å²) in [6.07, 6.45) is 3.67. The molecule has 0 unspecified atom stereocenters. The molecule has 1 heterocycles. The van der Waals surface area contributed by atoms with Crippen molar-refractivity contribution in [2.24, 2.45) is 5.73 Å². The van der Waals surface area contributed by atoms with Crippen molar-refractivity contribution in [3.63, 3.8) is 0 Å². The van der Waals surface area contributed by atoms with Gasteiger partial charge in [-0.25, -0.2) is 0 Å². The Hall–Kier alpha value is -0.410. The van der Waals surface area contributed by atoms with Crippen LogP contribution in [0, 0.1) is 6.92 Å². The highest BCUT2D eigenvalue weighted by atomic mass is 79.9. The Morgan fingerprint density at radius 2 is 2.21 bits per heavy atom. The van der Waals surface area contributed by atoms with Crippen molar-refractivity contribution in [2.75, 3.05) is 6.54 Å². The van der Waals surface area contributed by atoms with E-state index in [9.17, 15) is 0 Å². The summed E-state index contributed by atoms with van der Waals surface area (Å²) in [6, 6.07) is 4.18. The van der Waals surface area contributed by atoms with Crippen molar-refractivity contribution in [1.29, 1.82) is 0 Å². The Morgan fingerprint density at radius 3 is 2.64 bits per heavy atom. The van der Waals surface area contributed by atoms with Gasteiger partial charge in [0.15, 0.2) is 0 Å². The zero-order valence-corrected chi connectivity index (χ0v) is 9.97. The molecular weight excluding hydrogens is 240 g/mol. The maximum atomic E-state index is 5.84. The van der Waals surface area contributed by atoms with Gasteiger partial charge in [0.2, 0.25) is 0 Å². The molecule has 2 N–H and O–H groups in total. The smallest absolute Gasteiger partial charge is 0.0518 e. The van der Waals surface area contributed by atoms with E-state index in [4.69, 9.17) is 5.73 Å². The minimum atomic E-state index is 0.186. The Bertz CT molecular complexity index is 340. The first kappa shape index (κ1) is 10.1. The topological polar surface area (TPSA) is 38.9 Å². The Balaban J connectivity index is 2.36. The number of rotatable bonds is 2. The Labute approximate surface area is 93.0 Å². The van der Waals surface area contributed by atoms with E-state index >= 15 is 0 Å². The average Bonchev–Trinajstić information content (AvgIpc) is 2.10. The highest BCUT2D eigenvalue weighted by Gasteiger charge is 2.38. The van der Waals surface area contributed by atoms with Crippen molar-refractivity contribution in [2.45, 2.75) is 31.6 Å². The van der Waals surface area contributed by atoms with E-state index in [-0.39, 0.29) is 5.41 Å². The van der Waals surface area contributed by atoms with E-state index in [2.05, 4.69) is 33.0 Å². The lowest BCUT2D eigenvalue weighted by atomic mass is 9.66. The highest BCUT2D eigenvalue weighted by Crippen LogP contribution is 2.42. The molecule has 0 amide bonds. The molecule has 2 nitrogen and oxygen atoms in total. The van der Waals surface area contributed by atoms with Crippen LogP contribution in [0.3, 0.4) is 0 Å². The van der Waals surface area contributed by atoms with Crippen LogP contribution in [0.4, 0.5) is 0 Å². The molecule has 2 rings (SSSR count). The van der Waals surface area contributed by atoms with Crippen LogP contribution in [-0.2, 0) is 5.41 Å². The van der Waals surface area contributed by atoms with Crippen molar-refractivity contribution >= 4 is 15.9 Å². The maximum absolute atomic E-state index is 5.84. The van der Waals surface area contributed by atoms with Gasteiger partial charge in [-0.3, -0.25) is 4.98 Å². The first-order valence-electron chi connectivity index (χ1n) is 5.02. The summed E-state index contributed by atoms with van der Waals surface area (Å²) >= 11 is 3.46. The summed E-state index contributed by atoms with van der Waals surface area (Å²) in [6.45, 7) is 2.75. The van der Waals surface area contributed by atoms with Gasteiger partial charge < -0.3 is 5.73 Å². The van der Waals surface area contributed by atoms with Crippen molar-refractivity contribution in [1.82, 2.24) is 4.98 Å². The first-order chi connectivity index (χ1) is 6.68. The van der Waals surface area contributed by atoms with Crippen LogP contribution >= 0.6 is 15.9 Å². The number of halogens is 1. The summed E-state index contributed by atoms with van der Waals surface area (Å²) in [7, 11) is 0. The van der Waals surface area contributed by atoms with Gasteiger partial charge in [-0.15, -0.1) is 0 Å². The molecule has 0 atom stereocenters. The summed E-state index contributed by atoms with van der Waals surface area (Å²) in [5, 5.41) is 0.